The Kier molecular flexibility index (Phi) is 8.16. The summed E-state index contributed by atoms with van der Waals surface area (Å²) in [4.78, 5) is 43.0. The van der Waals surface area contributed by atoms with E-state index < -0.39 is 41.2 Å². The summed E-state index contributed by atoms with van der Waals surface area (Å²) in [5, 5.41) is 22.1. The number of thiophene rings is 1. The predicted octanol–water partition coefficient (Wildman–Crippen LogP) is 2.77. The Morgan fingerprint density at radius 2 is 1.88 bits per heavy atom. The molecule has 4 heterocycles. The number of rotatable bonds is 8. The van der Waals surface area contributed by atoms with E-state index in [1.807, 2.05) is 0 Å². The van der Waals surface area contributed by atoms with Gasteiger partial charge in [-0.15, -0.1) is 4.80 Å². The third-order valence-corrected chi connectivity index (χ3v) is 9.55. The number of aliphatic hydroxyl groups is 1. The lowest BCUT2D eigenvalue weighted by Crippen LogP contribution is -2.49. The minimum Gasteiger partial charge on any atom is -0.496 e. The molecule has 2 atom stereocenters. The van der Waals surface area contributed by atoms with Crippen LogP contribution in [0.4, 0.5) is 4.39 Å². The largest absolute Gasteiger partial charge is 0.496 e. The number of aliphatic hydroxyl groups excluding tert-OH is 1. The number of halogens is 1. The second-order valence-electron chi connectivity index (χ2n) is 11.0. The molecule has 14 heteroatoms. The Bertz CT molecular complexity index is 1760. The molecule has 0 bridgehead atoms. The van der Waals surface area contributed by atoms with Crippen LogP contribution in [0, 0.1) is 12.7 Å². The van der Waals surface area contributed by atoms with Crippen LogP contribution in [0.2, 0.25) is 0 Å². The SMILES string of the molecule is COc1ccc(F)cc1[C@H](Cn1c(=O)n([C@H]2CCCNC2=O)c(=O)c2c(C)c(-n3nccn3)sc21)OC1CCC(O)CC1. The lowest BCUT2D eigenvalue weighted by atomic mass is 9.94. The van der Waals surface area contributed by atoms with Crippen molar-refractivity contribution in [3.8, 4) is 10.8 Å². The molecular formula is C29H33FN6O6S. The fraction of sp³-hybridized carbons (Fsp3) is 0.483. The van der Waals surface area contributed by atoms with Gasteiger partial charge in [0.25, 0.3) is 5.56 Å². The van der Waals surface area contributed by atoms with Gasteiger partial charge in [0.15, 0.2) is 0 Å². The minimum absolute atomic E-state index is 0.0885. The second kappa shape index (κ2) is 12.0. The number of carbonyl (C=O) groups is 1. The molecule has 12 nitrogen and oxygen atoms in total. The van der Waals surface area contributed by atoms with Gasteiger partial charge in [-0.05, 0) is 63.6 Å². The number of hydrogen-bond acceptors (Lipinski definition) is 9. The number of hydrogen-bond donors (Lipinski definition) is 2. The van der Waals surface area contributed by atoms with E-state index in [-0.39, 0.29) is 18.0 Å². The van der Waals surface area contributed by atoms with E-state index in [0.29, 0.717) is 71.8 Å². The van der Waals surface area contributed by atoms with E-state index in [2.05, 4.69) is 15.5 Å². The number of fused-ring (bicyclic) bond motifs is 1. The highest BCUT2D eigenvalue weighted by atomic mass is 32.1. The molecule has 2 fully saturated rings. The second-order valence-corrected chi connectivity index (χ2v) is 12.0. The first-order valence-electron chi connectivity index (χ1n) is 14.4. The van der Waals surface area contributed by atoms with Crippen molar-refractivity contribution in [2.24, 2.45) is 0 Å². The molecule has 2 aliphatic rings. The maximum Gasteiger partial charge on any atom is 0.332 e. The van der Waals surface area contributed by atoms with Crippen molar-refractivity contribution < 1.29 is 23.8 Å². The number of aryl methyl sites for hydroxylation is 1. The average molecular weight is 613 g/mol. The molecule has 0 radical (unpaired) electrons. The number of amides is 1. The van der Waals surface area contributed by atoms with Crippen LogP contribution in [-0.4, -0.2) is 61.0 Å². The van der Waals surface area contributed by atoms with Crippen molar-refractivity contribution in [1.82, 2.24) is 29.4 Å². The molecule has 0 unspecified atom stereocenters. The first kappa shape index (κ1) is 29.2. The first-order valence-corrected chi connectivity index (χ1v) is 15.2. The number of methoxy groups -OCH3 is 1. The third kappa shape index (κ3) is 5.50. The first-order chi connectivity index (χ1) is 20.8. The molecule has 1 aliphatic carbocycles. The summed E-state index contributed by atoms with van der Waals surface area (Å²) in [6.45, 7) is 2.14. The monoisotopic (exact) mass is 612 g/mol. The third-order valence-electron chi connectivity index (χ3n) is 8.27. The number of ether oxygens (including phenoxy) is 2. The predicted molar refractivity (Wildman–Crippen MR) is 156 cm³/mol. The van der Waals surface area contributed by atoms with Crippen molar-refractivity contribution in [3.05, 3.63) is 68.4 Å². The topological polar surface area (TPSA) is 142 Å². The molecule has 3 aromatic heterocycles. The molecule has 6 rings (SSSR count). The summed E-state index contributed by atoms with van der Waals surface area (Å²) < 4.78 is 29.3. The average Bonchev–Trinajstić information content (AvgIpc) is 3.65. The van der Waals surface area contributed by atoms with Crippen molar-refractivity contribution in [2.75, 3.05) is 13.7 Å². The fourth-order valence-corrected chi connectivity index (χ4v) is 7.27. The van der Waals surface area contributed by atoms with Crippen LogP contribution >= 0.6 is 11.3 Å². The number of nitrogens with zero attached hydrogens (tertiary/aromatic N) is 5. The van der Waals surface area contributed by atoms with Gasteiger partial charge < -0.3 is 19.9 Å². The van der Waals surface area contributed by atoms with Crippen LogP contribution in [0.15, 0.2) is 40.2 Å². The summed E-state index contributed by atoms with van der Waals surface area (Å²) in [6.07, 6.45) is 4.79. The van der Waals surface area contributed by atoms with Crippen LogP contribution in [0.25, 0.3) is 15.2 Å². The molecule has 4 aromatic rings. The van der Waals surface area contributed by atoms with Gasteiger partial charge >= 0.3 is 5.69 Å². The minimum atomic E-state index is -0.974. The van der Waals surface area contributed by atoms with Crippen LogP contribution in [0.3, 0.4) is 0 Å². The van der Waals surface area contributed by atoms with Gasteiger partial charge in [-0.2, -0.15) is 10.2 Å². The summed E-state index contributed by atoms with van der Waals surface area (Å²) in [6, 6.07) is 3.15. The Labute approximate surface area is 249 Å². The lowest BCUT2D eigenvalue weighted by Gasteiger charge is -2.31. The molecule has 1 aliphatic heterocycles. The van der Waals surface area contributed by atoms with E-state index in [9.17, 15) is 23.9 Å². The Morgan fingerprint density at radius 3 is 2.58 bits per heavy atom. The van der Waals surface area contributed by atoms with E-state index in [1.54, 1.807) is 6.92 Å². The molecule has 43 heavy (non-hydrogen) atoms. The van der Waals surface area contributed by atoms with Gasteiger partial charge in [-0.1, -0.05) is 11.3 Å². The van der Waals surface area contributed by atoms with E-state index in [0.717, 1.165) is 4.57 Å². The van der Waals surface area contributed by atoms with Crippen molar-refractivity contribution in [1.29, 1.82) is 0 Å². The number of carbonyl (C=O) groups excluding carboxylic acids is 1. The Hall–Kier alpha value is -3.88. The quantitative estimate of drug-likeness (QED) is 0.309. The summed E-state index contributed by atoms with van der Waals surface area (Å²) >= 11 is 1.18. The molecule has 1 saturated carbocycles. The Balaban J connectivity index is 1.55. The van der Waals surface area contributed by atoms with Crippen molar-refractivity contribution in [3.63, 3.8) is 0 Å². The van der Waals surface area contributed by atoms with Crippen molar-refractivity contribution >= 4 is 27.5 Å². The number of nitrogens with one attached hydrogen (secondary N) is 1. The zero-order valence-corrected chi connectivity index (χ0v) is 24.7. The highest BCUT2D eigenvalue weighted by Crippen LogP contribution is 2.36. The molecule has 0 spiro atoms. The van der Waals surface area contributed by atoms with Crippen LogP contribution in [-0.2, 0) is 16.1 Å². The number of aromatic nitrogens is 5. The molecule has 1 saturated heterocycles. The molecular weight excluding hydrogens is 579 g/mol. The van der Waals surface area contributed by atoms with Crippen LogP contribution < -0.4 is 21.3 Å². The maximum absolute atomic E-state index is 14.6. The van der Waals surface area contributed by atoms with E-state index in [1.165, 1.54) is 58.4 Å². The van der Waals surface area contributed by atoms with Crippen molar-refractivity contribution in [2.45, 2.75) is 76.3 Å². The van der Waals surface area contributed by atoms with Gasteiger partial charge in [0, 0.05) is 17.7 Å². The Morgan fingerprint density at radius 1 is 1.14 bits per heavy atom. The summed E-state index contributed by atoms with van der Waals surface area (Å²) in [7, 11) is 1.48. The smallest absolute Gasteiger partial charge is 0.332 e. The highest BCUT2D eigenvalue weighted by Gasteiger charge is 2.33. The van der Waals surface area contributed by atoms with Crippen LogP contribution in [0.5, 0.6) is 5.75 Å². The zero-order chi connectivity index (χ0) is 30.2. The summed E-state index contributed by atoms with van der Waals surface area (Å²) in [5.74, 6) is -0.502. The maximum atomic E-state index is 14.6. The number of piperidine rings is 1. The van der Waals surface area contributed by atoms with Crippen LogP contribution in [0.1, 0.15) is 61.8 Å². The molecule has 1 amide bonds. The normalized spacial score (nSPS) is 21.6. The summed E-state index contributed by atoms with van der Waals surface area (Å²) in [5.41, 5.74) is -0.248. The fourth-order valence-electron chi connectivity index (χ4n) is 6.05. The highest BCUT2D eigenvalue weighted by molar-refractivity contribution is 7.21. The van der Waals surface area contributed by atoms with Gasteiger partial charge in [0.2, 0.25) is 5.91 Å². The van der Waals surface area contributed by atoms with Gasteiger partial charge in [-0.3, -0.25) is 14.2 Å². The lowest BCUT2D eigenvalue weighted by molar-refractivity contribution is -0.126. The van der Waals surface area contributed by atoms with Gasteiger partial charge in [-0.25, -0.2) is 13.8 Å². The van der Waals surface area contributed by atoms with Gasteiger partial charge in [0.1, 0.15) is 33.5 Å². The van der Waals surface area contributed by atoms with E-state index in [4.69, 9.17) is 9.47 Å². The van der Waals surface area contributed by atoms with Gasteiger partial charge in [0.05, 0.1) is 43.6 Å². The molecule has 2 N–H and O–H groups in total. The standard InChI is InChI=1S/C29H33FN6O6S/c1-16-24-26(39)35(21-4-3-11-31-25(21)38)29(40)34(28(24)43-27(16)36-32-12-13-33-36)15-23(42-19-8-6-18(37)7-9-19)20-14-17(30)5-10-22(20)41-2/h5,10,12-14,18-19,21,23,37H,3-4,6-9,11,15H2,1-2H3,(H,31,38)/t18?,19?,21-,23-/m0/s1. The number of benzene rings is 1. The zero-order valence-electron chi connectivity index (χ0n) is 23.9. The van der Waals surface area contributed by atoms with E-state index >= 15 is 0 Å². The molecule has 228 valence electrons. The molecule has 1 aromatic carbocycles.